The van der Waals surface area contributed by atoms with Gasteiger partial charge >= 0.3 is 0 Å². The molecule has 3 aromatic heterocycles. The van der Waals surface area contributed by atoms with Crippen LogP contribution in [0, 0.1) is 0 Å². The average Bonchev–Trinajstić information content (AvgIpc) is 2.96. The van der Waals surface area contributed by atoms with Gasteiger partial charge in [-0.25, -0.2) is 0 Å². The lowest BCUT2D eigenvalue weighted by atomic mass is 10.1. The molecule has 96 valence electrons. The molecule has 0 aliphatic carbocycles. The van der Waals surface area contributed by atoms with Crippen LogP contribution in [0.1, 0.15) is 0 Å². The van der Waals surface area contributed by atoms with Gasteiger partial charge in [0.25, 0.3) is 0 Å². The fourth-order valence-electron chi connectivity index (χ4n) is 1.95. The Morgan fingerprint density at radius 2 is 2.16 bits per heavy atom. The Bertz CT molecular complexity index is 718. The van der Waals surface area contributed by atoms with Gasteiger partial charge in [-0.15, -0.1) is 0 Å². The Kier molecular flexibility index (Phi) is 2.76. The lowest BCUT2D eigenvalue weighted by molar-refractivity contribution is 0.570. The first-order chi connectivity index (χ1) is 9.18. The van der Waals surface area contributed by atoms with Crippen LogP contribution in [-0.4, -0.2) is 14.8 Å². The van der Waals surface area contributed by atoms with Gasteiger partial charge in [0.2, 0.25) is 5.22 Å². The second kappa shape index (κ2) is 4.44. The summed E-state index contributed by atoms with van der Waals surface area (Å²) in [7, 11) is 1.78. The van der Waals surface area contributed by atoms with Gasteiger partial charge in [-0.3, -0.25) is 9.67 Å². The van der Waals surface area contributed by atoms with Crippen molar-refractivity contribution in [3.63, 3.8) is 0 Å². The van der Waals surface area contributed by atoms with Crippen molar-refractivity contribution in [3.05, 3.63) is 41.9 Å². The lowest BCUT2D eigenvalue weighted by Gasteiger charge is -2.01. The number of aryl methyl sites for hydroxylation is 1. The summed E-state index contributed by atoms with van der Waals surface area (Å²) in [6, 6.07) is 7.39. The van der Waals surface area contributed by atoms with Gasteiger partial charge in [-0.1, -0.05) is 6.07 Å². The molecule has 0 amide bonds. The molecular weight excluding hydrogens is 264 g/mol. The van der Waals surface area contributed by atoms with Crippen LogP contribution >= 0.6 is 11.6 Å². The topological polar surface area (TPSA) is 69.9 Å². The Hall–Kier alpha value is -2.27. The normalized spacial score (nSPS) is 10.8. The van der Waals surface area contributed by atoms with Gasteiger partial charge in [0.05, 0.1) is 23.1 Å². The van der Waals surface area contributed by atoms with E-state index in [1.54, 1.807) is 24.0 Å². The molecule has 0 fully saturated rings. The number of rotatable bonds is 2. The highest BCUT2D eigenvalue weighted by molar-refractivity contribution is 6.31. The predicted octanol–water partition coefficient (Wildman–Crippen LogP) is 2.98. The molecule has 0 spiro atoms. The van der Waals surface area contributed by atoms with Crippen molar-refractivity contribution < 1.29 is 4.42 Å². The standard InChI is InChI=1S/C13H11ClN4O/c1-18-13(15)10(9-4-2-3-6-16-9)11(17-18)8-5-7-19-12(8)14/h2-7H,15H2,1H3. The van der Waals surface area contributed by atoms with E-state index in [0.717, 1.165) is 11.3 Å². The van der Waals surface area contributed by atoms with Crippen molar-refractivity contribution in [2.45, 2.75) is 0 Å². The maximum atomic E-state index is 6.08. The Balaban J connectivity index is 2.28. The molecule has 2 N–H and O–H groups in total. The molecule has 0 saturated carbocycles. The van der Waals surface area contributed by atoms with E-state index in [2.05, 4.69) is 10.1 Å². The van der Waals surface area contributed by atoms with Crippen molar-refractivity contribution in [2.24, 2.45) is 7.05 Å². The molecule has 3 heterocycles. The molecule has 0 unspecified atom stereocenters. The third-order valence-corrected chi connectivity index (χ3v) is 3.18. The zero-order chi connectivity index (χ0) is 13.4. The monoisotopic (exact) mass is 274 g/mol. The summed E-state index contributed by atoms with van der Waals surface area (Å²) in [6.07, 6.45) is 3.23. The maximum absolute atomic E-state index is 6.08. The molecule has 3 rings (SSSR count). The van der Waals surface area contributed by atoms with Crippen LogP contribution in [0.4, 0.5) is 5.82 Å². The van der Waals surface area contributed by atoms with Crippen molar-refractivity contribution >= 4 is 17.4 Å². The van der Waals surface area contributed by atoms with E-state index in [4.69, 9.17) is 21.8 Å². The van der Waals surface area contributed by atoms with Crippen LogP contribution in [-0.2, 0) is 7.05 Å². The lowest BCUT2D eigenvalue weighted by Crippen LogP contribution is -1.98. The van der Waals surface area contributed by atoms with Crippen molar-refractivity contribution in [1.29, 1.82) is 0 Å². The van der Waals surface area contributed by atoms with Crippen LogP contribution in [0.5, 0.6) is 0 Å². The third kappa shape index (κ3) is 1.88. The molecule has 5 nitrogen and oxygen atoms in total. The number of furan rings is 1. The molecule has 0 aliphatic heterocycles. The van der Waals surface area contributed by atoms with E-state index in [-0.39, 0.29) is 5.22 Å². The predicted molar refractivity (Wildman–Crippen MR) is 73.6 cm³/mol. The van der Waals surface area contributed by atoms with Crippen LogP contribution < -0.4 is 5.73 Å². The van der Waals surface area contributed by atoms with Gasteiger partial charge in [-0.2, -0.15) is 5.10 Å². The van der Waals surface area contributed by atoms with E-state index in [1.807, 2.05) is 18.2 Å². The minimum Gasteiger partial charge on any atom is -0.452 e. The van der Waals surface area contributed by atoms with Gasteiger partial charge in [-0.05, 0) is 29.8 Å². The highest BCUT2D eigenvalue weighted by Crippen LogP contribution is 2.38. The number of pyridine rings is 1. The largest absolute Gasteiger partial charge is 0.452 e. The summed E-state index contributed by atoms with van der Waals surface area (Å²) in [5.41, 5.74) is 8.95. The van der Waals surface area contributed by atoms with Crippen LogP contribution in [0.2, 0.25) is 5.22 Å². The van der Waals surface area contributed by atoms with Crippen LogP contribution in [0.3, 0.4) is 0 Å². The molecule has 0 aliphatic rings. The molecule has 0 aromatic carbocycles. The number of aromatic nitrogens is 3. The highest BCUT2D eigenvalue weighted by atomic mass is 35.5. The first kappa shape index (κ1) is 11.8. The highest BCUT2D eigenvalue weighted by Gasteiger charge is 2.21. The first-order valence-corrected chi connectivity index (χ1v) is 6.03. The van der Waals surface area contributed by atoms with Crippen molar-refractivity contribution in [3.8, 4) is 22.5 Å². The second-order valence-corrected chi connectivity index (χ2v) is 4.40. The summed E-state index contributed by atoms with van der Waals surface area (Å²) >= 11 is 6.02. The Labute approximate surface area is 114 Å². The number of anilines is 1. The number of nitrogen functional groups attached to an aromatic ring is 1. The number of nitrogens with two attached hydrogens (primary N) is 1. The second-order valence-electron chi connectivity index (χ2n) is 4.06. The SMILES string of the molecule is Cn1nc(-c2ccoc2Cl)c(-c2ccccn2)c1N. The first-order valence-electron chi connectivity index (χ1n) is 5.65. The van der Waals surface area contributed by atoms with Gasteiger partial charge in [0.1, 0.15) is 11.5 Å². The van der Waals surface area contributed by atoms with E-state index >= 15 is 0 Å². The number of hydrogen-bond acceptors (Lipinski definition) is 4. The smallest absolute Gasteiger partial charge is 0.202 e. The third-order valence-electron chi connectivity index (χ3n) is 2.89. The van der Waals surface area contributed by atoms with Crippen LogP contribution in [0.15, 0.2) is 41.1 Å². The van der Waals surface area contributed by atoms with Crippen molar-refractivity contribution in [2.75, 3.05) is 5.73 Å². The summed E-state index contributed by atoms with van der Waals surface area (Å²) in [4.78, 5) is 4.32. The molecule has 6 heteroatoms. The minimum absolute atomic E-state index is 0.287. The zero-order valence-electron chi connectivity index (χ0n) is 10.2. The number of halogens is 1. The van der Waals surface area contributed by atoms with E-state index in [1.165, 1.54) is 6.26 Å². The van der Waals surface area contributed by atoms with E-state index < -0.39 is 0 Å². The number of nitrogens with zero attached hydrogens (tertiary/aromatic N) is 3. The fourth-order valence-corrected chi connectivity index (χ4v) is 2.16. The molecule has 3 aromatic rings. The quantitative estimate of drug-likeness (QED) is 0.780. The molecule has 0 bridgehead atoms. The Morgan fingerprint density at radius 3 is 2.79 bits per heavy atom. The van der Waals surface area contributed by atoms with E-state index in [0.29, 0.717) is 17.1 Å². The molecule has 0 saturated heterocycles. The molecule has 0 radical (unpaired) electrons. The van der Waals surface area contributed by atoms with Crippen LogP contribution in [0.25, 0.3) is 22.5 Å². The Morgan fingerprint density at radius 1 is 1.32 bits per heavy atom. The summed E-state index contributed by atoms with van der Waals surface area (Å²) in [6.45, 7) is 0. The average molecular weight is 275 g/mol. The van der Waals surface area contributed by atoms with Gasteiger partial charge < -0.3 is 10.2 Å². The fraction of sp³-hybridized carbons (Fsp3) is 0.0769. The zero-order valence-corrected chi connectivity index (χ0v) is 10.9. The van der Waals surface area contributed by atoms with E-state index in [9.17, 15) is 0 Å². The van der Waals surface area contributed by atoms with Crippen molar-refractivity contribution in [1.82, 2.24) is 14.8 Å². The minimum atomic E-state index is 0.287. The van der Waals surface area contributed by atoms with Gasteiger partial charge in [0.15, 0.2) is 0 Å². The summed E-state index contributed by atoms with van der Waals surface area (Å²) < 4.78 is 6.71. The molecule has 19 heavy (non-hydrogen) atoms. The number of hydrogen-bond donors (Lipinski definition) is 1. The maximum Gasteiger partial charge on any atom is 0.202 e. The molecular formula is C13H11ClN4O. The molecule has 0 atom stereocenters. The summed E-state index contributed by atoms with van der Waals surface area (Å²) in [5, 5.41) is 4.68. The van der Waals surface area contributed by atoms with Gasteiger partial charge in [0, 0.05) is 13.2 Å². The summed E-state index contributed by atoms with van der Waals surface area (Å²) in [5.74, 6) is 0.533.